The molecular weight excluding hydrogens is 464 g/mol. The van der Waals surface area contributed by atoms with Crippen LogP contribution in [0.3, 0.4) is 0 Å². The molecule has 0 aliphatic heterocycles. The van der Waals surface area contributed by atoms with E-state index in [0.717, 1.165) is 11.3 Å². The molecule has 9 nitrogen and oxygen atoms in total. The molecule has 2 aromatic carbocycles. The zero-order valence-corrected chi connectivity index (χ0v) is 18.9. The van der Waals surface area contributed by atoms with Gasteiger partial charge in [-0.2, -0.15) is 0 Å². The lowest BCUT2D eigenvalue weighted by atomic mass is 10.2. The van der Waals surface area contributed by atoms with Crippen LogP contribution in [-0.4, -0.2) is 44.3 Å². The summed E-state index contributed by atoms with van der Waals surface area (Å²) < 4.78 is 37.9. The summed E-state index contributed by atoms with van der Waals surface area (Å²) in [7, 11) is -2.37. The summed E-state index contributed by atoms with van der Waals surface area (Å²) in [6, 6.07) is 12.6. The fourth-order valence-electron chi connectivity index (χ4n) is 2.38. The van der Waals surface area contributed by atoms with Gasteiger partial charge in [-0.1, -0.05) is 22.9 Å². The Labute approximate surface area is 188 Å². The molecule has 3 aromatic rings. The number of carbonyl (C=O) groups is 1. The maximum atomic E-state index is 12.5. The number of hydrogen-bond acceptors (Lipinski definition) is 8. The van der Waals surface area contributed by atoms with Crippen LogP contribution in [0.5, 0.6) is 11.5 Å². The van der Waals surface area contributed by atoms with Crippen molar-refractivity contribution >= 4 is 44.0 Å². The molecule has 1 amide bonds. The molecule has 2 N–H and O–H groups in total. The molecule has 0 bridgehead atoms. The van der Waals surface area contributed by atoms with Crippen molar-refractivity contribution in [3.63, 3.8) is 0 Å². The molecule has 31 heavy (non-hydrogen) atoms. The number of carbonyl (C=O) groups excluding carboxylic acids is 1. The van der Waals surface area contributed by atoms with Gasteiger partial charge >= 0.3 is 0 Å². The number of halogens is 1. The molecule has 0 aliphatic carbocycles. The fraction of sp³-hybridized carbons (Fsp3) is 0.211. The van der Waals surface area contributed by atoms with Crippen molar-refractivity contribution < 1.29 is 22.7 Å². The predicted octanol–water partition coefficient (Wildman–Crippen LogP) is 3.20. The fourth-order valence-corrected chi connectivity index (χ4v) is 4.65. The first-order chi connectivity index (χ1) is 14.8. The van der Waals surface area contributed by atoms with Crippen LogP contribution in [0.1, 0.15) is 17.3 Å². The molecule has 3 rings (SSSR count). The van der Waals surface area contributed by atoms with Gasteiger partial charge < -0.3 is 9.47 Å². The highest BCUT2D eigenvalue weighted by Crippen LogP contribution is 2.21. The molecule has 0 fully saturated rings. The molecule has 0 aliphatic rings. The van der Waals surface area contributed by atoms with E-state index in [1.807, 2.05) is 0 Å². The standard InChI is InChI=1S/C19H19ClN4O5S2/c1-12(11-29-16-9-7-15(28-2)8-10-16)24-31(26,27)19-23-22-18(30-19)21-17(25)13-3-5-14(20)6-4-13/h3-10,12,24H,11H2,1-2H3,(H,21,22,25). The van der Waals surface area contributed by atoms with Gasteiger partial charge in [0.2, 0.25) is 9.47 Å². The third-order valence-corrected chi connectivity index (χ3v) is 6.93. The molecule has 0 saturated heterocycles. The van der Waals surface area contributed by atoms with Crippen LogP contribution < -0.4 is 19.5 Å². The molecule has 0 spiro atoms. The normalized spacial score (nSPS) is 12.2. The van der Waals surface area contributed by atoms with E-state index >= 15 is 0 Å². The molecule has 164 valence electrons. The van der Waals surface area contributed by atoms with E-state index in [-0.39, 0.29) is 16.1 Å². The Morgan fingerprint density at radius 3 is 2.39 bits per heavy atom. The minimum Gasteiger partial charge on any atom is -0.497 e. The predicted molar refractivity (Wildman–Crippen MR) is 118 cm³/mol. The van der Waals surface area contributed by atoms with Crippen molar-refractivity contribution in [3.05, 3.63) is 59.1 Å². The monoisotopic (exact) mass is 482 g/mol. The zero-order valence-electron chi connectivity index (χ0n) is 16.5. The molecule has 1 unspecified atom stereocenters. The van der Waals surface area contributed by atoms with E-state index in [9.17, 15) is 13.2 Å². The van der Waals surface area contributed by atoms with Gasteiger partial charge in [0, 0.05) is 10.6 Å². The Morgan fingerprint density at radius 2 is 1.74 bits per heavy atom. The van der Waals surface area contributed by atoms with Gasteiger partial charge in [-0.05, 0) is 55.5 Å². The summed E-state index contributed by atoms with van der Waals surface area (Å²) in [6.07, 6.45) is 0. The number of amides is 1. The van der Waals surface area contributed by atoms with E-state index in [0.29, 0.717) is 22.1 Å². The van der Waals surface area contributed by atoms with Crippen molar-refractivity contribution in [1.82, 2.24) is 14.9 Å². The highest BCUT2D eigenvalue weighted by molar-refractivity contribution is 7.91. The molecule has 12 heteroatoms. The summed E-state index contributed by atoms with van der Waals surface area (Å²) >= 11 is 6.54. The summed E-state index contributed by atoms with van der Waals surface area (Å²) in [5.41, 5.74) is 0.353. The minimum absolute atomic E-state index is 0.0578. The van der Waals surface area contributed by atoms with Crippen LogP contribution in [-0.2, 0) is 10.0 Å². The Morgan fingerprint density at radius 1 is 1.10 bits per heavy atom. The topological polar surface area (TPSA) is 120 Å². The van der Waals surface area contributed by atoms with Crippen molar-refractivity contribution in [2.75, 3.05) is 19.0 Å². The van der Waals surface area contributed by atoms with Crippen LogP contribution >= 0.6 is 22.9 Å². The van der Waals surface area contributed by atoms with Crippen molar-refractivity contribution in [2.24, 2.45) is 0 Å². The lowest BCUT2D eigenvalue weighted by Gasteiger charge is -2.14. The quantitative estimate of drug-likeness (QED) is 0.449. The molecule has 1 heterocycles. The van der Waals surface area contributed by atoms with Gasteiger partial charge in [-0.15, -0.1) is 10.2 Å². The Balaban J connectivity index is 1.56. The second-order valence-electron chi connectivity index (χ2n) is 6.34. The van der Waals surface area contributed by atoms with E-state index in [1.54, 1.807) is 62.6 Å². The van der Waals surface area contributed by atoms with Crippen molar-refractivity contribution in [1.29, 1.82) is 0 Å². The molecule has 1 atom stereocenters. The van der Waals surface area contributed by atoms with Gasteiger partial charge in [-0.3, -0.25) is 10.1 Å². The Kier molecular flexibility index (Phi) is 7.44. The molecule has 0 radical (unpaired) electrons. The van der Waals surface area contributed by atoms with E-state index in [4.69, 9.17) is 21.1 Å². The average molecular weight is 483 g/mol. The third kappa shape index (κ3) is 6.37. The van der Waals surface area contributed by atoms with E-state index in [2.05, 4.69) is 20.2 Å². The smallest absolute Gasteiger partial charge is 0.270 e. The number of benzene rings is 2. The number of sulfonamides is 1. The summed E-state index contributed by atoms with van der Waals surface area (Å²) in [6.45, 7) is 1.76. The number of aromatic nitrogens is 2. The van der Waals surface area contributed by atoms with Gasteiger partial charge in [0.15, 0.2) is 0 Å². The van der Waals surface area contributed by atoms with Crippen LogP contribution in [0.25, 0.3) is 0 Å². The highest BCUT2D eigenvalue weighted by atomic mass is 35.5. The first-order valence-corrected chi connectivity index (χ1v) is 11.6. The van der Waals surface area contributed by atoms with E-state index < -0.39 is 22.0 Å². The van der Waals surface area contributed by atoms with Crippen LogP contribution in [0, 0.1) is 0 Å². The highest BCUT2D eigenvalue weighted by Gasteiger charge is 2.23. The van der Waals surface area contributed by atoms with Gasteiger partial charge in [-0.25, -0.2) is 13.1 Å². The van der Waals surface area contributed by atoms with Crippen LogP contribution in [0.2, 0.25) is 5.02 Å². The number of hydrogen-bond donors (Lipinski definition) is 2. The lowest BCUT2D eigenvalue weighted by Crippen LogP contribution is -2.36. The largest absolute Gasteiger partial charge is 0.497 e. The summed E-state index contributed by atoms with van der Waals surface area (Å²) in [5, 5.41) is 10.5. The van der Waals surface area contributed by atoms with Gasteiger partial charge in [0.1, 0.15) is 18.1 Å². The van der Waals surface area contributed by atoms with Gasteiger partial charge in [0.25, 0.3) is 15.9 Å². The zero-order chi connectivity index (χ0) is 22.4. The molecule has 0 saturated carbocycles. The van der Waals surface area contributed by atoms with Gasteiger partial charge in [0.05, 0.1) is 13.2 Å². The maximum Gasteiger partial charge on any atom is 0.270 e. The minimum atomic E-state index is -3.93. The summed E-state index contributed by atoms with van der Waals surface area (Å²) in [5.74, 6) is 0.817. The summed E-state index contributed by atoms with van der Waals surface area (Å²) in [4.78, 5) is 12.2. The molecule has 1 aromatic heterocycles. The second-order valence-corrected chi connectivity index (χ2v) is 9.64. The van der Waals surface area contributed by atoms with Crippen molar-refractivity contribution in [3.8, 4) is 11.5 Å². The number of nitrogens with one attached hydrogen (secondary N) is 2. The number of methoxy groups -OCH3 is 1. The number of anilines is 1. The number of nitrogens with zero attached hydrogens (tertiary/aromatic N) is 2. The SMILES string of the molecule is COc1ccc(OCC(C)NS(=O)(=O)c2nnc(NC(=O)c3ccc(Cl)cc3)s2)cc1. The first-order valence-electron chi connectivity index (χ1n) is 8.96. The Hall–Kier alpha value is -2.73. The Bertz CT molecular complexity index is 1130. The number of rotatable bonds is 9. The number of ether oxygens (including phenoxy) is 2. The average Bonchev–Trinajstić information content (AvgIpc) is 3.22. The second kappa shape index (κ2) is 10.1. The third-order valence-electron chi connectivity index (χ3n) is 3.88. The van der Waals surface area contributed by atoms with E-state index in [1.165, 1.54) is 0 Å². The molecular formula is C19H19ClN4O5S2. The van der Waals surface area contributed by atoms with Crippen molar-refractivity contribution in [2.45, 2.75) is 17.3 Å². The first kappa shape index (κ1) is 22.9. The van der Waals surface area contributed by atoms with Crippen LogP contribution in [0.4, 0.5) is 5.13 Å². The lowest BCUT2D eigenvalue weighted by molar-refractivity contribution is 0.102. The van der Waals surface area contributed by atoms with Crippen LogP contribution in [0.15, 0.2) is 52.9 Å². The maximum absolute atomic E-state index is 12.5.